The number of aromatic hydroxyl groups is 2. The molecule has 0 unspecified atom stereocenters. The first-order chi connectivity index (χ1) is 27.3. The van der Waals surface area contributed by atoms with Crippen LogP contribution in [0.25, 0.3) is 0 Å². The Morgan fingerprint density at radius 2 is 0.638 bits per heavy atom. The number of benzene rings is 6. The normalized spacial score (nSPS) is 11.6. The smallest absolute Gasteiger partial charge is 0.508 e. The summed E-state index contributed by atoms with van der Waals surface area (Å²) in [4.78, 5) is 0. The summed E-state index contributed by atoms with van der Waals surface area (Å²) < 4.78 is 58.9. The van der Waals surface area contributed by atoms with Gasteiger partial charge in [0.25, 0.3) is 0 Å². The average Bonchev–Trinajstić information content (AvgIpc) is 3.16. The minimum Gasteiger partial charge on any atom is -0.508 e. The largest absolute Gasteiger partial charge is 0.598 e. The fourth-order valence-corrected chi connectivity index (χ4v) is 9.27. The molecule has 0 bridgehead atoms. The van der Waals surface area contributed by atoms with E-state index in [0.717, 1.165) is 55.6 Å². The fourth-order valence-electron chi connectivity index (χ4n) is 5.92. The van der Waals surface area contributed by atoms with Crippen LogP contribution in [0.3, 0.4) is 0 Å². The zero-order chi connectivity index (χ0) is 42.4. The Morgan fingerprint density at radius 3 is 0.879 bits per heavy atom. The van der Waals surface area contributed by atoms with Gasteiger partial charge in [0.15, 0.2) is 0 Å². The van der Waals surface area contributed by atoms with E-state index in [-0.39, 0.29) is 39.9 Å². The molecule has 0 fully saturated rings. The number of phosphoric ester groups is 2. The number of aryl methyl sites for hydroxylation is 4. The maximum atomic E-state index is 14.6. The Morgan fingerprint density at radius 1 is 0.397 bits per heavy atom. The van der Waals surface area contributed by atoms with Crippen molar-refractivity contribution in [2.75, 3.05) is 0 Å². The SMILES string of the molecule is CC(C)(c1ccc(O)cc1)c1ccc(O)cc1.Cc1cccc(OP(=O)(Oc2cccc(C)c2C)OP(=O)(Oc2cccc(C)c2C)Oc2cccc(C)c2C)c1C. The zero-order valence-electron chi connectivity index (χ0n) is 34.7. The molecule has 0 aromatic heterocycles. The van der Waals surface area contributed by atoms with Gasteiger partial charge >= 0.3 is 15.6 Å². The molecule has 11 heteroatoms. The zero-order valence-corrected chi connectivity index (χ0v) is 36.5. The number of rotatable bonds is 12. The lowest BCUT2D eigenvalue weighted by Crippen LogP contribution is -2.18. The van der Waals surface area contributed by atoms with Crippen molar-refractivity contribution >= 4 is 15.6 Å². The Kier molecular flexibility index (Phi) is 13.5. The molecule has 0 spiro atoms. The molecular formula is C47H52O9P2. The number of hydrogen-bond donors (Lipinski definition) is 2. The molecule has 0 saturated carbocycles. The van der Waals surface area contributed by atoms with Crippen LogP contribution in [0.1, 0.15) is 69.5 Å². The molecule has 2 N–H and O–H groups in total. The topological polar surface area (TPSA) is 121 Å². The van der Waals surface area contributed by atoms with E-state index in [1.165, 1.54) is 0 Å². The van der Waals surface area contributed by atoms with E-state index in [4.69, 9.17) is 22.4 Å². The van der Waals surface area contributed by atoms with E-state index < -0.39 is 15.6 Å². The number of phenolic OH excluding ortho intramolecular Hbond substituents is 2. The number of hydrogen-bond acceptors (Lipinski definition) is 9. The monoisotopic (exact) mass is 822 g/mol. The van der Waals surface area contributed by atoms with Gasteiger partial charge in [-0.15, -0.1) is 4.31 Å². The van der Waals surface area contributed by atoms with Gasteiger partial charge < -0.3 is 28.3 Å². The quantitative estimate of drug-likeness (QED) is 0.116. The van der Waals surface area contributed by atoms with Crippen LogP contribution in [0.5, 0.6) is 34.5 Å². The molecule has 6 aromatic rings. The Hall–Kier alpha value is -5.46. The summed E-state index contributed by atoms with van der Waals surface area (Å²) in [6.45, 7) is 19.1. The molecule has 304 valence electrons. The summed E-state index contributed by atoms with van der Waals surface area (Å²) in [5, 5.41) is 18.6. The van der Waals surface area contributed by atoms with Crippen molar-refractivity contribution in [1.82, 2.24) is 0 Å². The first-order valence-corrected chi connectivity index (χ1v) is 21.8. The van der Waals surface area contributed by atoms with Crippen molar-refractivity contribution in [2.45, 2.75) is 74.7 Å². The molecule has 6 rings (SSSR count). The van der Waals surface area contributed by atoms with E-state index in [1.54, 1.807) is 72.8 Å². The van der Waals surface area contributed by atoms with E-state index in [1.807, 2.05) is 104 Å². The maximum absolute atomic E-state index is 14.6. The highest BCUT2D eigenvalue weighted by Gasteiger charge is 2.47. The molecule has 0 aliphatic heterocycles. The Bertz CT molecular complexity index is 2190. The standard InChI is InChI=1S/C32H36O7P2.C15H16O2/c1-21-13-9-17-29(25(21)5)35-40(33,36-30-18-10-14-22(2)26(30)6)39-41(34,37-31-19-11-15-23(3)27(31)7)38-32-20-12-16-24(4)28(32)8;1-15(2,11-3-7-13(16)8-4-11)12-5-9-14(17)10-6-12/h9-20H,1-8H3;3-10,16-17H,1-2H3. The number of phenols is 2. The minimum atomic E-state index is -4.72. The highest BCUT2D eigenvalue weighted by molar-refractivity contribution is 7.63. The third kappa shape index (κ3) is 10.5. The van der Waals surface area contributed by atoms with Crippen molar-refractivity contribution in [3.8, 4) is 34.5 Å². The molecule has 0 aliphatic carbocycles. The van der Waals surface area contributed by atoms with Crippen molar-refractivity contribution in [1.29, 1.82) is 0 Å². The van der Waals surface area contributed by atoms with Crippen molar-refractivity contribution in [3.05, 3.63) is 177 Å². The van der Waals surface area contributed by atoms with E-state index in [2.05, 4.69) is 13.8 Å². The van der Waals surface area contributed by atoms with Gasteiger partial charge in [-0.25, -0.2) is 9.13 Å². The first-order valence-electron chi connectivity index (χ1n) is 18.8. The number of phosphoric acid groups is 2. The molecule has 0 saturated heterocycles. The first kappa shape index (κ1) is 43.7. The van der Waals surface area contributed by atoms with Crippen LogP contribution in [0.4, 0.5) is 0 Å². The Balaban J connectivity index is 0.000000313. The van der Waals surface area contributed by atoms with Gasteiger partial charge in [-0.3, -0.25) is 0 Å². The van der Waals surface area contributed by atoms with Crippen LogP contribution < -0.4 is 18.1 Å². The molecule has 0 aliphatic rings. The lowest BCUT2D eigenvalue weighted by atomic mass is 9.78. The van der Waals surface area contributed by atoms with Crippen LogP contribution in [-0.4, -0.2) is 10.2 Å². The summed E-state index contributed by atoms with van der Waals surface area (Å²) in [7, 11) is -9.44. The maximum Gasteiger partial charge on any atom is 0.598 e. The van der Waals surface area contributed by atoms with Crippen molar-refractivity contribution in [3.63, 3.8) is 0 Å². The van der Waals surface area contributed by atoms with E-state index in [9.17, 15) is 19.3 Å². The molecule has 58 heavy (non-hydrogen) atoms. The predicted molar refractivity (Wildman–Crippen MR) is 231 cm³/mol. The third-order valence-electron chi connectivity index (χ3n) is 10.4. The summed E-state index contributed by atoms with van der Waals surface area (Å²) >= 11 is 0. The van der Waals surface area contributed by atoms with Crippen molar-refractivity contribution < 1.29 is 41.7 Å². The van der Waals surface area contributed by atoms with Crippen molar-refractivity contribution in [2.24, 2.45) is 0 Å². The predicted octanol–water partition coefficient (Wildman–Crippen LogP) is 13.4. The molecule has 0 radical (unpaired) electrons. The van der Waals surface area contributed by atoms with Crippen LogP contribution in [0.2, 0.25) is 0 Å². The van der Waals surface area contributed by atoms with Gasteiger partial charge in [0.1, 0.15) is 34.5 Å². The molecule has 0 amide bonds. The van der Waals surface area contributed by atoms with Gasteiger partial charge in [0, 0.05) is 5.41 Å². The van der Waals surface area contributed by atoms with Crippen LogP contribution in [-0.2, 0) is 18.9 Å². The van der Waals surface area contributed by atoms with Crippen LogP contribution in [0, 0.1) is 55.4 Å². The molecule has 0 atom stereocenters. The van der Waals surface area contributed by atoms with Gasteiger partial charge in [0.2, 0.25) is 0 Å². The lowest BCUT2D eigenvalue weighted by Gasteiger charge is -2.26. The lowest BCUT2D eigenvalue weighted by molar-refractivity contribution is 0.241. The summed E-state index contributed by atoms with van der Waals surface area (Å²) in [6.07, 6.45) is 0. The highest BCUT2D eigenvalue weighted by Crippen LogP contribution is 2.65. The van der Waals surface area contributed by atoms with Gasteiger partial charge in [-0.1, -0.05) is 86.6 Å². The summed E-state index contributed by atoms with van der Waals surface area (Å²) in [6, 6.07) is 35.7. The Labute approximate surface area is 342 Å². The third-order valence-corrected chi connectivity index (χ3v) is 13.7. The highest BCUT2D eigenvalue weighted by atomic mass is 31.3. The summed E-state index contributed by atoms with van der Waals surface area (Å²) in [5.41, 5.74) is 8.61. The van der Waals surface area contributed by atoms with E-state index >= 15 is 0 Å². The van der Waals surface area contributed by atoms with Gasteiger partial charge in [-0.2, -0.15) is 0 Å². The fraction of sp³-hybridized carbons (Fsp3) is 0.234. The molecule has 9 nitrogen and oxygen atoms in total. The second-order valence-electron chi connectivity index (χ2n) is 14.9. The van der Waals surface area contributed by atoms with Crippen LogP contribution in [0.15, 0.2) is 121 Å². The second kappa shape index (κ2) is 18.0. The molecular weight excluding hydrogens is 770 g/mol. The average molecular weight is 823 g/mol. The molecule has 0 heterocycles. The van der Waals surface area contributed by atoms with Crippen LogP contribution >= 0.6 is 15.6 Å². The minimum absolute atomic E-state index is 0.151. The van der Waals surface area contributed by atoms with Gasteiger partial charge in [-0.05, 0) is 160 Å². The van der Waals surface area contributed by atoms with E-state index in [0.29, 0.717) is 0 Å². The van der Waals surface area contributed by atoms with Gasteiger partial charge in [0.05, 0.1) is 0 Å². The second-order valence-corrected chi connectivity index (χ2v) is 18.0. The molecule has 6 aromatic carbocycles. The summed E-state index contributed by atoms with van der Waals surface area (Å²) in [5.74, 6) is 1.56.